The molecule has 0 heterocycles. The van der Waals surface area contributed by atoms with Gasteiger partial charge in [-0.25, -0.2) is 0 Å². The number of hydrogen-bond donors (Lipinski definition) is 1. The van der Waals surface area contributed by atoms with Crippen LogP contribution in [-0.4, -0.2) is 0 Å². The van der Waals surface area contributed by atoms with Crippen LogP contribution in [0.1, 0.15) is 13.8 Å². The quantitative estimate of drug-likeness (QED) is 0.613. The molecule has 0 bridgehead atoms. The molecule has 2 N–H and O–H groups in total. The van der Waals surface area contributed by atoms with Crippen LogP contribution >= 0.6 is 0 Å². The van der Waals surface area contributed by atoms with E-state index in [1.54, 1.807) is 6.08 Å². The molecule has 1 heteroatoms. The van der Waals surface area contributed by atoms with Crippen LogP contribution in [0.5, 0.6) is 0 Å². The van der Waals surface area contributed by atoms with E-state index in [0.29, 0.717) is 5.70 Å². The standard InChI is InChI=1S/C10H15N/c1-5-7-8(3)10(6-2)9(4)11/h5-7H,2,4,11H2,1,3H3/b7-5-,10-8+. The van der Waals surface area contributed by atoms with Crippen molar-refractivity contribution >= 4 is 0 Å². The summed E-state index contributed by atoms with van der Waals surface area (Å²) in [6, 6.07) is 0. The summed E-state index contributed by atoms with van der Waals surface area (Å²) in [5.74, 6) is 0. The van der Waals surface area contributed by atoms with Gasteiger partial charge >= 0.3 is 0 Å². The molecular formula is C10H15N. The van der Waals surface area contributed by atoms with E-state index in [2.05, 4.69) is 13.2 Å². The van der Waals surface area contributed by atoms with Crippen molar-refractivity contribution in [3.8, 4) is 0 Å². The summed E-state index contributed by atoms with van der Waals surface area (Å²) in [7, 11) is 0. The van der Waals surface area contributed by atoms with Crippen molar-refractivity contribution in [3.63, 3.8) is 0 Å². The van der Waals surface area contributed by atoms with Crippen molar-refractivity contribution in [2.45, 2.75) is 13.8 Å². The summed E-state index contributed by atoms with van der Waals surface area (Å²) in [4.78, 5) is 0. The molecule has 0 saturated carbocycles. The van der Waals surface area contributed by atoms with E-state index in [9.17, 15) is 0 Å². The van der Waals surface area contributed by atoms with Gasteiger partial charge in [0, 0.05) is 5.70 Å². The second kappa shape index (κ2) is 4.56. The third kappa shape index (κ3) is 2.89. The number of nitrogens with two attached hydrogens (primary N) is 1. The topological polar surface area (TPSA) is 26.0 Å². The highest BCUT2D eigenvalue weighted by molar-refractivity contribution is 5.42. The highest BCUT2D eigenvalue weighted by Gasteiger charge is 1.95. The summed E-state index contributed by atoms with van der Waals surface area (Å²) in [5.41, 5.74) is 8.10. The molecule has 11 heavy (non-hydrogen) atoms. The van der Waals surface area contributed by atoms with Crippen LogP contribution in [0.2, 0.25) is 0 Å². The Balaban J connectivity index is 4.82. The van der Waals surface area contributed by atoms with Crippen LogP contribution in [0, 0.1) is 0 Å². The first-order chi connectivity index (χ1) is 5.13. The molecule has 1 nitrogen and oxygen atoms in total. The van der Waals surface area contributed by atoms with Gasteiger partial charge in [-0.1, -0.05) is 31.4 Å². The largest absolute Gasteiger partial charge is 0.399 e. The molecule has 0 atom stereocenters. The first kappa shape index (κ1) is 9.76. The fourth-order valence-corrected chi connectivity index (χ4v) is 0.885. The van der Waals surface area contributed by atoms with Crippen LogP contribution < -0.4 is 5.73 Å². The molecular weight excluding hydrogens is 134 g/mol. The molecule has 0 aromatic heterocycles. The highest BCUT2D eigenvalue weighted by Crippen LogP contribution is 2.10. The zero-order valence-electron chi connectivity index (χ0n) is 7.22. The minimum Gasteiger partial charge on any atom is -0.399 e. The molecule has 60 valence electrons. The summed E-state index contributed by atoms with van der Waals surface area (Å²) in [5, 5.41) is 0. The van der Waals surface area contributed by atoms with E-state index in [1.807, 2.05) is 26.0 Å². The van der Waals surface area contributed by atoms with E-state index >= 15 is 0 Å². The van der Waals surface area contributed by atoms with Gasteiger partial charge in [0.1, 0.15) is 0 Å². The maximum Gasteiger partial charge on any atom is 0.0317 e. The average Bonchev–Trinajstić information content (AvgIpc) is 1.88. The zero-order valence-corrected chi connectivity index (χ0v) is 7.22. The van der Waals surface area contributed by atoms with Crippen molar-refractivity contribution < 1.29 is 0 Å². The lowest BCUT2D eigenvalue weighted by atomic mass is 10.1. The van der Waals surface area contributed by atoms with Crippen LogP contribution in [0.4, 0.5) is 0 Å². The van der Waals surface area contributed by atoms with Gasteiger partial charge in [0.05, 0.1) is 0 Å². The van der Waals surface area contributed by atoms with Gasteiger partial charge in [0.2, 0.25) is 0 Å². The lowest BCUT2D eigenvalue weighted by Crippen LogP contribution is -1.98. The highest BCUT2D eigenvalue weighted by atomic mass is 14.6. The molecule has 0 spiro atoms. The number of rotatable bonds is 3. The van der Waals surface area contributed by atoms with E-state index in [-0.39, 0.29) is 0 Å². The van der Waals surface area contributed by atoms with Crippen LogP contribution in [0.25, 0.3) is 0 Å². The predicted molar refractivity (Wildman–Crippen MR) is 51.0 cm³/mol. The Morgan fingerprint density at radius 1 is 1.45 bits per heavy atom. The van der Waals surface area contributed by atoms with E-state index < -0.39 is 0 Å². The Bertz CT molecular complexity index is 219. The van der Waals surface area contributed by atoms with Crippen LogP contribution in [-0.2, 0) is 0 Å². The molecule has 0 aliphatic heterocycles. The number of allylic oxidation sites excluding steroid dienone is 4. The van der Waals surface area contributed by atoms with Gasteiger partial charge in [0.25, 0.3) is 0 Å². The van der Waals surface area contributed by atoms with Gasteiger partial charge in [-0.05, 0) is 25.0 Å². The van der Waals surface area contributed by atoms with Crippen LogP contribution in [0.15, 0.2) is 48.2 Å². The fourth-order valence-electron chi connectivity index (χ4n) is 0.885. The van der Waals surface area contributed by atoms with E-state index in [4.69, 9.17) is 5.73 Å². The molecule has 0 aliphatic carbocycles. The zero-order chi connectivity index (χ0) is 8.85. The molecule has 0 rings (SSSR count). The maximum atomic E-state index is 5.52. The van der Waals surface area contributed by atoms with Gasteiger partial charge in [0.15, 0.2) is 0 Å². The van der Waals surface area contributed by atoms with Crippen LogP contribution in [0.3, 0.4) is 0 Å². The summed E-state index contributed by atoms with van der Waals surface area (Å²) in [6.07, 6.45) is 5.66. The van der Waals surface area contributed by atoms with E-state index in [1.165, 1.54) is 0 Å². The van der Waals surface area contributed by atoms with Crippen molar-refractivity contribution in [1.29, 1.82) is 0 Å². The first-order valence-electron chi connectivity index (χ1n) is 3.54. The molecule has 0 aromatic carbocycles. The number of hydrogen-bond acceptors (Lipinski definition) is 1. The van der Waals surface area contributed by atoms with Gasteiger partial charge in [-0.2, -0.15) is 0 Å². The molecule has 0 aromatic rings. The molecule has 0 aliphatic rings. The Morgan fingerprint density at radius 3 is 2.27 bits per heavy atom. The van der Waals surface area contributed by atoms with Crippen molar-refractivity contribution in [2.75, 3.05) is 0 Å². The molecule has 0 radical (unpaired) electrons. The van der Waals surface area contributed by atoms with Crippen molar-refractivity contribution in [3.05, 3.63) is 48.2 Å². The second-order valence-electron chi connectivity index (χ2n) is 2.33. The van der Waals surface area contributed by atoms with Crippen molar-refractivity contribution in [1.82, 2.24) is 0 Å². The SMILES string of the molecule is C=C/C(C(=C)N)=C(C)\C=C/C. The second-order valence-corrected chi connectivity index (χ2v) is 2.33. The van der Waals surface area contributed by atoms with Gasteiger partial charge in [-0.15, -0.1) is 0 Å². The Hall–Kier alpha value is -1.24. The first-order valence-corrected chi connectivity index (χ1v) is 3.54. The smallest absolute Gasteiger partial charge is 0.0317 e. The maximum absolute atomic E-state index is 5.52. The molecule has 0 fully saturated rings. The summed E-state index contributed by atoms with van der Waals surface area (Å²) < 4.78 is 0. The Labute approximate surface area is 68.6 Å². The summed E-state index contributed by atoms with van der Waals surface area (Å²) >= 11 is 0. The normalized spacial score (nSPS) is 12.9. The monoisotopic (exact) mass is 149 g/mol. The van der Waals surface area contributed by atoms with E-state index in [0.717, 1.165) is 11.1 Å². The Kier molecular flexibility index (Phi) is 4.04. The molecule has 0 saturated heterocycles. The van der Waals surface area contributed by atoms with Gasteiger partial charge in [-0.3, -0.25) is 0 Å². The molecule has 0 unspecified atom stereocenters. The van der Waals surface area contributed by atoms with Crippen molar-refractivity contribution in [2.24, 2.45) is 5.73 Å². The average molecular weight is 149 g/mol. The molecule has 0 amide bonds. The Morgan fingerprint density at radius 2 is 2.00 bits per heavy atom. The fraction of sp³-hybridized carbons (Fsp3) is 0.200. The lowest BCUT2D eigenvalue weighted by Gasteiger charge is -2.02. The summed E-state index contributed by atoms with van der Waals surface area (Å²) in [6.45, 7) is 11.2. The third-order valence-corrected chi connectivity index (χ3v) is 1.39. The minimum atomic E-state index is 0.565. The third-order valence-electron chi connectivity index (χ3n) is 1.39. The minimum absolute atomic E-state index is 0.565. The lowest BCUT2D eigenvalue weighted by molar-refractivity contribution is 1.31. The van der Waals surface area contributed by atoms with Gasteiger partial charge < -0.3 is 5.73 Å². The predicted octanol–water partition coefficient (Wildman–Crippen LogP) is 2.54.